The Morgan fingerprint density at radius 1 is 1.67 bits per heavy atom. The molecule has 84 valence electrons. The van der Waals surface area contributed by atoms with Crippen LogP contribution in [0, 0.1) is 5.92 Å². The van der Waals surface area contributed by atoms with Crippen LogP contribution in [0.5, 0.6) is 0 Å². The van der Waals surface area contributed by atoms with Crippen LogP contribution in [0.15, 0.2) is 18.5 Å². The zero-order chi connectivity index (χ0) is 11.1. The van der Waals surface area contributed by atoms with Gasteiger partial charge in [0.25, 0.3) is 0 Å². The molecule has 0 radical (unpaired) electrons. The Bertz CT molecular complexity index is 282. The summed E-state index contributed by atoms with van der Waals surface area (Å²) >= 11 is 0. The van der Waals surface area contributed by atoms with Gasteiger partial charge in [0.15, 0.2) is 0 Å². The van der Waals surface area contributed by atoms with Gasteiger partial charge in [0.2, 0.25) is 5.91 Å². The molecular weight excluding hydrogens is 190 g/mol. The maximum absolute atomic E-state index is 11.4. The van der Waals surface area contributed by atoms with Crippen molar-refractivity contribution >= 4 is 5.91 Å². The summed E-state index contributed by atoms with van der Waals surface area (Å²) in [7, 11) is 0. The molecule has 1 heterocycles. The molecule has 0 aromatic carbocycles. The van der Waals surface area contributed by atoms with Crippen LogP contribution in [0.2, 0.25) is 0 Å². The van der Waals surface area contributed by atoms with Gasteiger partial charge in [-0.25, -0.2) is 0 Å². The molecule has 1 aromatic heterocycles. The van der Waals surface area contributed by atoms with Crippen LogP contribution in [0.1, 0.15) is 18.9 Å². The first kappa shape index (κ1) is 11.8. The smallest absolute Gasteiger partial charge is 0.220 e. The lowest BCUT2D eigenvalue weighted by atomic mass is 10.1. The second kappa shape index (κ2) is 6.24. The van der Waals surface area contributed by atoms with Gasteiger partial charge in [0.1, 0.15) is 0 Å². The molecule has 1 aromatic rings. The number of nitrogens with two attached hydrogens (primary N) is 1. The van der Waals surface area contributed by atoms with Crippen molar-refractivity contribution in [3.8, 4) is 0 Å². The molecule has 0 spiro atoms. The maximum atomic E-state index is 11.4. The normalized spacial score (nSPS) is 12.4. The number of carbonyl (C=O) groups is 1. The fourth-order valence-corrected chi connectivity index (χ4v) is 1.33. The highest BCUT2D eigenvalue weighted by Crippen LogP contribution is 1.99. The van der Waals surface area contributed by atoms with Crippen molar-refractivity contribution in [3.05, 3.63) is 24.0 Å². The average Bonchev–Trinajstić information content (AvgIpc) is 2.70. The number of H-pyrrole nitrogens is 1. The molecular formula is C11H19N3O. The van der Waals surface area contributed by atoms with Crippen LogP contribution in [0.3, 0.4) is 0 Å². The Kier molecular flexibility index (Phi) is 4.90. The summed E-state index contributed by atoms with van der Waals surface area (Å²) < 4.78 is 0. The van der Waals surface area contributed by atoms with Gasteiger partial charge in [-0.3, -0.25) is 4.79 Å². The van der Waals surface area contributed by atoms with Crippen molar-refractivity contribution in [1.29, 1.82) is 0 Å². The van der Waals surface area contributed by atoms with Crippen molar-refractivity contribution in [2.45, 2.75) is 19.8 Å². The van der Waals surface area contributed by atoms with Crippen molar-refractivity contribution in [2.75, 3.05) is 13.1 Å². The topological polar surface area (TPSA) is 70.9 Å². The number of rotatable bonds is 6. The third-order valence-electron chi connectivity index (χ3n) is 2.33. The number of amides is 1. The monoisotopic (exact) mass is 209 g/mol. The Balaban J connectivity index is 2.12. The molecule has 4 heteroatoms. The van der Waals surface area contributed by atoms with Crippen LogP contribution in [0.25, 0.3) is 0 Å². The molecule has 1 amide bonds. The summed E-state index contributed by atoms with van der Waals surface area (Å²) in [6.45, 7) is 3.23. The molecule has 0 aliphatic heterocycles. The SMILES string of the molecule is CC(CN)CC(=O)NCCc1cc[nH]c1. The number of aromatic nitrogens is 1. The Morgan fingerprint density at radius 3 is 3.07 bits per heavy atom. The number of carbonyl (C=O) groups excluding carboxylic acids is 1. The van der Waals surface area contributed by atoms with Crippen LogP contribution < -0.4 is 11.1 Å². The first-order valence-corrected chi connectivity index (χ1v) is 5.30. The standard InChI is InChI=1S/C11H19N3O/c1-9(7-12)6-11(15)14-5-3-10-2-4-13-8-10/h2,4,8-9,13H,3,5-7,12H2,1H3,(H,14,15). The fraction of sp³-hybridized carbons (Fsp3) is 0.545. The summed E-state index contributed by atoms with van der Waals surface area (Å²) in [5.74, 6) is 0.348. The van der Waals surface area contributed by atoms with Gasteiger partial charge in [0, 0.05) is 25.4 Å². The minimum Gasteiger partial charge on any atom is -0.367 e. The fourth-order valence-electron chi connectivity index (χ4n) is 1.33. The van der Waals surface area contributed by atoms with E-state index >= 15 is 0 Å². The van der Waals surface area contributed by atoms with Gasteiger partial charge in [-0.2, -0.15) is 0 Å². The predicted molar refractivity (Wildman–Crippen MR) is 60.3 cm³/mol. The summed E-state index contributed by atoms with van der Waals surface area (Å²) in [5, 5.41) is 2.88. The maximum Gasteiger partial charge on any atom is 0.220 e. The molecule has 0 saturated carbocycles. The molecule has 1 unspecified atom stereocenters. The summed E-state index contributed by atoms with van der Waals surface area (Å²) in [6, 6.07) is 2.01. The lowest BCUT2D eigenvalue weighted by Crippen LogP contribution is -2.28. The van der Waals surface area contributed by atoms with Crippen molar-refractivity contribution in [2.24, 2.45) is 11.7 Å². The van der Waals surface area contributed by atoms with E-state index in [1.54, 1.807) is 0 Å². The largest absolute Gasteiger partial charge is 0.367 e. The Hall–Kier alpha value is -1.29. The van der Waals surface area contributed by atoms with E-state index in [0.29, 0.717) is 19.5 Å². The molecule has 4 nitrogen and oxygen atoms in total. The number of nitrogens with one attached hydrogen (secondary N) is 2. The van der Waals surface area contributed by atoms with E-state index in [-0.39, 0.29) is 11.8 Å². The van der Waals surface area contributed by atoms with Gasteiger partial charge >= 0.3 is 0 Å². The highest BCUT2D eigenvalue weighted by atomic mass is 16.1. The Labute approximate surface area is 90.2 Å². The highest BCUT2D eigenvalue weighted by Gasteiger charge is 2.06. The summed E-state index contributed by atoms with van der Waals surface area (Å²) in [5.41, 5.74) is 6.65. The van der Waals surface area contributed by atoms with Crippen molar-refractivity contribution < 1.29 is 4.79 Å². The summed E-state index contributed by atoms with van der Waals surface area (Å²) in [6.07, 6.45) is 5.21. The third kappa shape index (κ3) is 4.65. The molecule has 0 fully saturated rings. The minimum atomic E-state index is 0.0866. The van der Waals surface area contributed by atoms with Crippen LogP contribution in [0.4, 0.5) is 0 Å². The van der Waals surface area contributed by atoms with Gasteiger partial charge in [-0.1, -0.05) is 6.92 Å². The number of hydrogen-bond acceptors (Lipinski definition) is 2. The van der Waals surface area contributed by atoms with Gasteiger partial charge in [-0.15, -0.1) is 0 Å². The first-order chi connectivity index (χ1) is 7.22. The van der Waals surface area contributed by atoms with E-state index in [1.807, 2.05) is 25.4 Å². The summed E-state index contributed by atoms with van der Waals surface area (Å²) in [4.78, 5) is 14.3. The zero-order valence-corrected chi connectivity index (χ0v) is 9.12. The molecule has 4 N–H and O–H groups in total. The Morgan fingerprint density at radius 2 is 2.47 bits per heavy atom. The molecule has 0 aliphatic rings. The van der Waals surface area contributed by atoms with Gasteiger partial charge in [0.05, 0.1) is 0 Å². The molecule has 1 atom stereocenters. The lowest BCUT2D eigenvalue weighted by molar-refractivity contribution is -0.121. The molecule has 0 bridgehead atoms. The van der Waals surface area contributed by atoms with Crippen molar-refractivity contribution in [3.63, 3.8) is 0 Å². The average molecular weight is 209 g/mol. The molecule has 0 aliphatic carbocycles. The number of hydrogen-bond donors (Lipinski definition) is 3. The van der Waals surface area contributed by atoms with Crippen LogP contribution in [-0.2, 0) is 11.2 Å². The van der Waals surface area contributed by atoms with E-state index in [2.05, 4.69) is 10.3 Å². The van der Waals surface area contributed by atoms with E-state index in [1.165, 1.54) is 5.56 Å². The number of aromatic amines is 1. The second-order valence-corrected chi connectivity index (χ2v) is 3.86. The highest BCUT2D eigenvalue weighted by molar-refractivity contribution is 5.76. The predicted octanol–water partition coefficient (Wildman–Crippen LogP) is 0.658. The van der Waals surface area contributed by atoms with E-state index in [4.69, 9.17) is 5.73 Å². The van der Waals surface area contributed by atoms with E-state index < -0.39 is 0 Å². The third-order valence-corrected chi connectivity index (χ3v) is 2.33. The van der Waals surface area contributed by atoms with Gasteiger partial charge < -0.3 is 16.0 Å². The van der Waals surface area contributed by atoms with E-state index in [0.717, 1.165) is 6.42 Å². The quantitative estimate of drug-likeness (QED) is 0.644. The van der Waals surface area contributed by atoms with Crippen LogP contribution in [-0.4, -0.2) is 24.0 Å². The molecule has 0 saturated heterocycles. The second-order valence-electron chi connectivity index (χ2n) is 3.86. The minimum absolute atomic E-state index is 0.0866. The van der Waals surface area contributed by atoms with E-state index in [9.17, 15) is 4.79 Å². The molecule has 1 rings (SSSR count). The molecule has 15 heavy (non-hydrogen) atoms. The zero-order valence-electron chi connectivity index (χ0n) is 9.12. The van der Waals surface area contributed by atoms with Gasteiger partial charge in [-0.05, 0) is 30.5 Å². The first-order valence-electron chi connectivity index (χ1n) is 5.30. The van der Waals surface area contributed by atoms with Crippen LogP contribution >= 0.6 is 0 Å². The van der Waals surface area contributed by atoms with Crippen molar-refractivity contribution in [1.82, 2.24) is 10.3 Å². The lowest BCUT2D eigenvalue weighted by Gasteiger charge is -2.08.